The van der Waals surface area contributed by atoms with Gasteiger partial charge in [-0.1, -0.05) is 18.2 Å². The monoisotopic (exact) mass is 347 g/mol. The number of hydrazone groups is 1. The number of aromatic nitrogens is 1. The standard InChI is InChI=1S/C20H17N3O3/c24-14-6-4-13(5-7-14)17-12-26-18-11-15(25)8-9-16(18)20(17)23-22-19-3-1-2-10-21-19/h1-11,17,24-25H,12H2,(H,21,22). The number of nitrogens with zero attached hydrogens (tertiary/aromatic N) is 2. The quantitative estimate of drug-likeness (QED) is 0.632. The molecule has 1 aromatic heterocycles. The number of fused-ring (bicyclic) bond motifs is 1. The highest BCUT2D eigenvalue weighted by Gasteiger charge is 2.29. The van der Waals surface area contributed by atoms with Crippen LogP contribution in [0.25, 0.3) is 0 Å². The van der Waals surface area contributed by atoms with Crippen molar-refractivity contribution in [1.29, 1.82) is 0 Å². The van der Waals surface area contributed by atoms with Crippen LogP contribution in [0.15, 0.2) is 72.0 Å². The summed E-state index contributed by atoms with van der Waals surface area (Å²) in [5, 5.41) is 23.9. The highest BCUT2D eigenvalue weighted by molar-refractivity contribution is 6.08. The van der Waals surface area contributed by atoms with Gasteiger partial charge in [0.1, 0.15) is 29.7 Å². The fourth-order valence-electron chi connectivity index (χ4n) is 2.93. The summed E-state index contributed by atoms with van der Waals surface area (Å²) in [4.78, 5) is 4.22. The van der Waals surface area contributed by atoms with Gasteiger partial charge in [-0.3, -0.25) is 5.43 Å². The fourth-order valence-corrected chi connectivity index (χ4v) is 2.93. The molecule has 0 radical (unpaired) electrons. The van der Waals surface area contributed by atoms with Crippen LogP contribution in [0.2, 0.25) is 0 Å². The van der Waals surface area contributed by atoms with Gasteiger partial charge in [0.05, 0.1) is 11.6 Å². The van der Waals surface area contributed by atoms with Crippen LogP contribution in [-0.2, 0) is 0 Å². The van der Waals surface area contributed by atoms with Crippen molar-refractivity contribution in [3.63, 3.8) is 0 Å². The molecule has 0 fully saturated rings. The lowest BCUT2D eigenvalue weighted by molar-refractivity contribution is 0.300. The normalized spacial score (nSPS) is 17.4. The molecule has 130 valence electrons. The van der Waals surface area contributed by atoms with Crippen molar-refractivity contribution in [2.24, 2.45) is 5.10 Å². The summed E-state index contributed by atoms with van der Waals surface area (Å²) in [7, 11) is 0. The third-order valence-corrected chi connectivity index (χ3v) is 4.23. The second kappa shape index (κ2) is 6.76. The molecule has 0 spiro atoms. The molecule has 1 unspecified atom stereocenters. The second-order valence-electron chi connectivity index (χ2n) is 5.96. The van der Waals surface area contributed by atoms with Crippen LogP contribution in [0, 0.1) is 0 Å². The molecule has 0 aliphatic carbocycles. The first-order valence-electron chi connectivity index (χ1n) is 8.20. The first-order valence-corrected chi connectivity index (χ1v) is 8.20. The Bertz CT molecular complexity index is 940. The number of aromatic hydroxyl groups is 2. The molecule has 3 aromatic rings. The van der Waals surface area contributed by atoms with Gasteiger partial charge in [-0.2, -0.15) is 5.10 Å². The Kier molecular flexibility index (Phi) is 4.15. The Hall–Kier alpha value is -3.54. The van der Waals surface area contributed by atoms with E-state index in [1.807, 2.05) is 30.3 Å². The molecule has 6 heteroatoms. The zero-order chi connectivity index (χ0) is 17.9. The van der Waals surface area contributed by atoms with E-state index >= 15 is 0 Å². The van der Waals surface area contributed by atoms with E-state index in [0.29, 0.717) is 18.2 Å². The molecule has 4 rings (SSSR count). The smallest absolute Gasteiger partial charge is 0.146 e. The number of rotatable bonds is 3. The molecule has 26 heavy (non-hydrogen) atoms. The third-order valence-electron chi connectivity index (χ3n) is 4.23. The van der Waals surface area contributed by atoms with Gasteiger partial charge in [0, 0.05) is 17.8 Å². The van der Waals surface area contributed by atoms with E-state index in [-0.39, 0.29) is 17.4 Å². The Balaban J connectivity index is 1.75. The molecular weight excluding hydrogens is 330 g/mol. The maximum atomic E-state index is 9.72. The number of phenolic OH excluding ortho intramolecular Hbond substituents is 2. The molecule has 2 aromatic carbocycles. The van der Waals surface area contributed by atoms with Crippen LogP contribution in [-0.4, -0.2) is 27.5 Å². The maximum Gasteiger partial charge on any atom is 0.146 e. The van der Waals surface area contributed by atoms with Crippen molar-refractivity contribution >= 4 is 11.5 Å². The van der Waals surface area contributed by atoms with Crippen LogP contribution in [0.5, 0.6) is 17.2 Å². The minimum atomic E-state index is -0.121. The van der Waals surface area contributed by atoms with E-state index in [1.54, 1.807) is 36.5 Å². The lowest BCUT2D eigenvalue weighted by atomic mass is 9.88. The molecule has 1 atom stereocenters. The first-order chi connectivity index (χ1) is 12.7. The number of hydrogen-bond acceptors (Lipinski definition) is 6. The van der Waals surface area contributed by atoms with Crippen LogP contribution in [0.4, 0.5) is 5.82 Å². The average Bonchev–Trinajstić information content (AvgIpc) is 2.67. The van der Waals surface area contributed by atoms with Crippen molar-refractivity contribution in [3.8, 4) is 17.2 Å². The zero-order valence-corrected chi connectivity index (χ0v) is 13.8. The fraction of sp³-hybridized carbons (Fsp3) is 0.100. The van der Waals surface area contributed by atoms with Gasteiger partial charge in [-0.05, 0) is 42.0 Å². The summed E-state index contributed by atoms with van der Waals surface area (Å²) in [6, 6.07) is 17.5. The number of ether oxygens (including phenoxy) is 1. The van der Waals surface area contributed by atoms with E-state index in [9.17, 15) is 10.2 Å². The van der Waals surface area contributed by atoms with E-state index in [2.05, 4.69) is 15.5 Å². The van der Waals surface area contributed by atoms with Gasteiger partial charge in [0.2, 0.25) is 0 Å². The van der Waals surface area contributed by atoms with Crippen molar-refractivity contribution < 1.29 is 14.9 Å². The number of pyridine rings is 1. The largest absolute Gasteiger partial charge is 0.508 e. The minimum Gasteiger partial charge on any atom is -0.508 e. The number of nitrogens with one attached hydrogen (secondary N) is 1. The van der Waals surface area contributed by atoms with Gasteiger partial charge in [0.15, 0.2) is 0 Å². The molecule has 1 aliphatic heterocycles. The Morgan fingerprint density at radius 3 is 2.58 bits per heavy atom. The molecule has 6 nitrogen and oxygen atoms in total. The van der Waals surface area contributed by atoms with Crippen molar-refractivity contribution in [1.82, 2.24) is 4.98 Å². The highest BCUT2D eigenvalue weighted by atomic mass is 16.5. The van der Waals surface area contributed by atoms with E-state index in [4.69, 9.17) is 4.74 Å². The topological polar surface area (TPSA) is 87.0 Å². The second-order valence-corrected chi connectivity index (χ2v) is 5.96. The summed E-state index contributed by atoms with van der Waals surface area (Å²) in [5.74, 6) is 1.45. The molecule has 3 N–H and O–H groups in total. The number of phenols is 2. The molecule has 0 amide bonds. The van der Waals surface area contributed by atoms with E-state index in [0.717, 1.165) is 16.8 Å². The van der Waals surface area contributed by atoms with Crippen LogP contribution >= 0.6 is 0 Å². The lowest BCUT2D eigenvalue weighted by Gasteiger charge is -2.27. The van der Waals surface area contributed by atoms with Crippen LogP contribution < -0.4 is 10.2 Å². The third kappa shape index (κ3) is 3.17. The summed E-state index contributed by atoms with van der Waals surface area (Å²) < 4.78 is 5.84. The van der Waals surface area contributed by atoms with E-state index in [1.165, 1.54) is 0 Å². The molecule has 1 aliphatic rings. The van der Waals surface area contributed by atoms with Crippen molar-refractivity contribution in [2.45, 2.75) is 5.92 Å². The van der Waals surface area contributed by atoms with Crippen LogP contribution in [0.1, 0.15) is 17.0 Å². The summed E-state index contributed by atoms with van der Waals surface area (Å²) in [5.41, 5.74) is 5.55. The molecule has 0 saturated heterocycles. The maximum absolute atomic E-state index is 9.72. The predicted octanol–water partition coefficient (Wildman–Crippen LogP) is 3.49. The SMILES string of the molecule is Oc1ccc(C2COc3cc(O)ccc3C2=NNc2ccccn2)cc1. The minimum absolute atomic E-state index is 0.121. The number of anilines is 1. The molecule has 0 saturated carbocycles. The van der Waals surface area contributed by atoms with Gasteiger partial charge >= 0.3 is 0 Å². The lowest BCUT2D eigenvalue weighted by Crippen LogP contribution is -2.27. The Labute approximate surface area is 150 Å². The van der Waals surface area contributed by atoms with Gasteiger partial charge in [0.25, 0.3) is 0 Å². The van der Waals surface area contributed by atoms with E-state index < -0.39 is 0 Å². The van der Waals surface area contributed by atoms with Gasteiger partial charge < -0.3 is 14.9 Å². The summed E-state index contributed by atoms with van der Waals surface area (Å²) >= 11 is 0. The first kappa shape index (κ1) is 16.0. The van der Waals surface area contributed by atoms with Gasteiger partial charge in [-0.25, -0.2) is 4.98 Å². The zero-order valence-electron chi connectivity index (χ0n) is 13.8. The number of benzene rings is 2. The molecular formula is C20H17N3O3. The highest BCUT2D eigenvalue weighted by Crippen LogP contribution is 2.35. The predicted molar refractivity (Wildman–Crippen MR) is 98.8 cm³/mol. The average molecular weight is 347 g/mol. The Morgan fingerprint density at radius 1 is 1.00 bits per heavy atom. The van der Waals surface area contributed by atoms with Crippen LogP contribution in [0.3, 0.4) is 0 Å². The summed E-state index contributed by atoms with van der Waals surface area (Å²) in [6.45, 7) is 0.379. The molecule has 2 heterocycles. The number of hydrogen-bond donors (Lipinski definition) is 3. The van der Waals surface area contributed by atoms with Crippen molar-refractivity contribution in [3.05, 3.63) is 78.0 Å². The van der Waals surface area contributed by atoms with Crippen molar-refractivity contribution in [2.75, 3.05) is 12.0 Å². The Morgan fingerprint density at radius 2 is 1.81 bits per heavy atom. The summed E-state index contributed by atoms with van der Waals surface area (Å²) in [6.07, 6.45) is 1.69. The van der Waals surface area contributed by atoms with Gasteiger partial charge in [-0.15, -0.1) is 0 Å². The molecule has 0 bridgehead atoms.